The number of carbonyl (C=O) groups excluding carboxylic acids is 1. The van der Waals surface area contributed by atoms with Crippen LogP contribution in [0.15, 0.2) is 0 Å². The van der Waals surface area contributed by atoms with Gasteiger partial charge >= 0.3 is 12.1 Å². The van der Waals surface area contributed by atoms with Crippen LogP contribution in [0.4, 0.5) is 4.79 Å². The summed E-state index contributed by atoms with van der Waals surface area (Å²) >= 11 is 0. The summed E-state index contributed by atoms with van der Waals surface area (Å²) in [6.07, 6.45) is -1.38. The number of carbonyl (C=O) groups is 2. The van der Waals surface area contributed by atoms with Gasteiger partial charge in [-0.3, -0.25) is 0 Å². The first-order chi connectivity index (χ1) is 10.7. The molecule has 0 heterocycles. The van der Waals surface area contributed by atoms with Crippen LogP contribution in [0.3, 0.4) is 0 Å². The minimum atomic E-state index is -1.09. The van der Waals surface area contributed by atoms with Crippen molar-refractivity contribution in [2.75, 3.05) is 46.2 Å². The second-order valence-electron chi connectivity index (χ2n) is 5.68. The zero-order chi connectivity index (χ0) is 17.7. The second kappa shape index (κ2) is 12.1. The van der Waals surface area contributed by atoms with E-state index in [9.17, 15) is 14.7 Å². The van der Waals surface area contributed by atoms with Gasteiger partial charge in [-0.2, -0.15) is 0 Å². The fourth-order valence-electron chi connectivity index (χ4n) is 1.31. The third-order valence-electron chi connectivity index (χ3n) is 2.13. The van der Waals surface area contributed by atoms with Gasteiger partial charge in [0.05, 0.1) is 33.0 Å². The number of aliphatic hydroxyl groups excluding tert-OH is 1. The lowest BCUT2D eigenvalue weighted by Gasteiger charge is -2.19. The number of alkyl carbamates (subject to hydrolysis) is 1. The van der Waals surface area contributed by atoms with E-state index in [2.05, 4.69) is 5.32 Å². The number of carboxylic acid groups (broad SMARTS) is 1. The summed E-state index contributed by atoms with van der Waals surface area (Å²) in [5, 5.41) is 20.3. The van der Waals surface area contributed by atoms with Crippen LogP contribution in [0.1, 0.15) is 20.8 Å². The number of hydrogen-bond donors (Lipinski definition) is 3. The highest BCUT2D eigenvalue weighted by atomic mass is 16.6. The number of rotatable bonds is 12. The van der Waals surface area contributed by atoms with Crippen LogP contribution in [0, 0.1) is 0 Å². The molecule has 0 aromatic heterocycles. The Bertz CT molecular complexity index is 342. The SMILES string of the molecule is CC(C)(C)OC(=O)NCCOCCOCC(O)COCC(=O)O. The average Bonchev–Trinajstić information content (AvgIpc) is 2.39. The largest absolute Gasteiger partial charge is 0.480 e. The maximum Gasteiger partial charge on any atom is 0.407 e. The summed E-state index contributed by atoms with van der Waals surface area (Å²) < 4.78 is 20.1. The molecule has 0 bridgehead atoms. The van der Waals surface area contributed by atoms with Gasteiger partial charge in [-0.05, 0) is 20.8 Å². The number of nitrogens with one attached hydrogen (secondary N) is 1. The molecule has 0 spiro atoms. The van der Waals surface area contributed by atoms with Crippen LogP contribution in [-0.2, 0) is 23.7 Å². The van der Waals surface area contributed by atoms with Gasteiger partial charge in [0.25, 0.3) is 0 Å². The number of hydrogen-bond acceptors (Lipinski definition) is 7. The highest BCUT2D eigenvalue weighted by Gasteiger charge is 2.15. The van der Waals surface area contributed by atoms with Crippen LogP contribution in [0.2, 0.25) is 0 Å². The van der Waals surface area contributed by atoms with Crippen LogP contribution in [0.5, 0.6) is 0 Å². The topological polar surface area (TPSA) is 124 Å². The van der Waals surface area contributed by atoms with E-state index in [0.29, 0.717) is 19.8 Å². The molecule has 1 unspecified atom stereocenters. The van der Waals surface area contributed by atoms with E-state index in [1.807, 2.05) is 0 Å². The summed E-state index contributed by atoms with van der Waals surface area (Å²) in [4.78, 5) is 21.5. The molecular formula is C14H27NO8. The Balaban J connectivity index is 3.36. The fourth-order valence-corrected chi connectivity index (χ4v) is 1.31. The van der Waals surface area contributed by atoms with Gasteiger partial charge in [-0.15, -0.1) is 0 Å². The lowest BCUT2D eigenvalue weighted by atomic mass is 10.2. The van der Waals surface area contributed by atoms with E-state index >= 15 is 0 Å². The maximum absolute atomic E-state index is 11.3. The number of aliphatic carboxylic acids is 1. The Labute approximate surface area is 135 Å². The molecule has 3 N–H and O–H groups in total. The van der Waals surface area contributed by atoms with Crippen LogP contribution in [-0.4, -0.2) is 80.2 Å². The van der Waals surface area contributed by atoms with Crippen molar-refractivity contribution in [3.8, 4) is 0 Å². The highest BCUT2D eigenvalue weighted by Crippen LogP contribution is 2.05. The summed E-state index contributed by atoms with van der Waals surface area (Å²) in [6.45, 7) is 6.01. The molecule has 1 atom stereocenters. The van der Waals surface area contributed by atoms with Gasteiger partial charge in [0, 0.05) is 6.54 Å². The Morgan fingerprint density at radius 1 is 1.04 bits per heavy atom. The smallest absolute Gasteiger partial charge is 0.407 e. The molecule has 0 saturated carbocycles. The van der Waals surface area contributed by atoms with Crippen molar-refractivity contribution >= 4 is 12.1 Å². The molecule has 136 valence electrons. The number of carboxylic acids is 1. The van der Waals surface area contributed by atoms with Crippen LogP contribution < -0.4 is 5.32 Å². The summed E-state index contributed by atoms with van der Waals surface area (Å²) in [5.41, 5.74) is -0.534. The monoisotopic (exact) mass is 337 g/mol. The molecule has 1 amide bonds. The van der Waals surface area contributed by atoms with E-state index in [0.717, 1.165) is 0 Å². The number of ether oxygens (including phenoxy) is 4. The predicted molar refractivity (Wildman–Crippen MR) is 80.3 cm³/mol. The Kier molecular flexibility index (Phi) is 11.3. The van der Waals surface area contributed by atoms with Crippen molar-refractivity contribution in [2.45, 2.75) is 32.5 Å². The van der Waals surface area contributed by atoms with Gasteiger partial charge in [-0.25, -0.2) is 9.59 Å². The summed E-state index contributed by atoms with van der Waals surface area (Å²) in [6, 6.07) is 0. The molecule has 0 aliphatic rings. The highest BCUT2D eigenvalue weighted by molar-refractivity contribution is 5.68. The number of amides is 1. The van der Waals surface area contributed by atoms with E-state index in [4.69, 9.17) is 24.1 Å². The van der Waals surface area contributed by atoms with E-state index in [1.165, 1.54) is 0 Å². The molecule has 0 radical (unpaired) electrons. The standard InChI is InChI=1S/C14H27NO8/c1-14(2,3)23-13(19)15-4-5-20-6-7-21-8-11(16)9-22-10-12(17)18/h11,16H,4-10H2,1-3H3,(H,15,19)(H,17,18). The first kappa shape index (κ1) is 21.6. The average molecular weight is 337 g/mol. The van der Waals surface area contributed by atoms with Gasteiger partial charge in [0.15, 0.2) is 0 Å². The van der Waals surface area contributed by atoms with Gasteiger partial charge in [0.2, 0.25) is 0 Å². The third-order valence-corrected chi connectivity index (χ3v) is 2.13. The van der Waals surface area contributed by atoms with Crippen molar-refractivity contribution in [3.63, 3.8) is 0 Å². The molecule has 0 aromatic rings. The molecule has 0 saturated heterocycles. The van der Waals surface area contributed by atoms with Crippen molar-refractivity contribution in [1.82, 2.24) is 5.32 Å². The van der Waals surface area contributed by atoms with Gasteiger partial charge in [-0.1, -0.05) is 0 Å². The van der Waals surface area contributed by atoms with E-state index in [-0.39, 0.29) is 19.8 Å². The van der Waals surface area contributed by atoms with Crippen molar-refractivity contribution in [2.24, 2.45) is 0 Å². The lowest BCUT2D eigenvalue weighted by molar-refractivity contribution is -0.143. The van der Waals surface area contributed by atoms with Crippen LogP contribution >= 0.6 is 0 Å². The molecule has 0 fully saturated rings. The van der Waals surface area contributed by atoms with Crippen LogP contribution in [0.25, 0.3) is 0 Å². The van der Waals surface area contributed by atoms with Crippen molar-refractivity contribution in [1.29, 1.82) is 0 Å². The minimum Gasteiger partial charge on any atom is -0.480 e. The normalized spacial score (nSPS) is 12.7. The Hall–Kier alpha value is -1.42. The summed E-state index contributed by atoms with van der Waals surface area (Å²) in [5.74, 6) is -1.09. The fraction of sp³-hybridized carbons (Fsp3) is 0.857. The van der Waals surface area contributed by atoms with Crippen molar-refractivity contribution in [3.05, 3.63) is 0 Å². The Morgan fingerprint density at radius 2 is 1.65 bits per heavy atom. The van der Waals surface area contributed by atoms with Gasteiger partial charge in [0.1, 0.15) is 18.3 Å². The van der Waals surface area contributed by atoms with E-state index < -0.39 is 30.4 Å². The predicted octanol–water partition coefficient (Wildman–Crippen LogP) is 0.00640. The second-order valence-corrected chi connectivity index (χ2v) is 5.68. The van der Waals surface area contributed by atoms with E-state index in [1.54, 1.807) is 20.8 Å². The first-order valence-electron chi connectivity index (χ1n) is 7.30. The molecule has 9 heteroatoms. The zero-order valence-corrected chi connectivity index (χ0v) is 13.9. The molecule has 0 aromatic carbocycles. The maximum atomic E-state index is 11.3. The quantitative estimate of drug-likeness (QED) is 0.425. The third kappa shape index (κ3) is 16.8. The summed E-state index contributed by atoms with van der Waals surface area (Å²) in [7, 11) is 0. The minimum absolute atomic E-state index is 0.0269. The molecular weight excluding hydrogens is 310 g/mol. The molecule has 0 aliphatic heterocycles. The molecule has 23 heavy (non-hydrogen) atoms. The number of aliphatic hydroxyl groups is 1. The molecule has 0 aliphatic carbocycles. The molecule has 9 nitrogen and oxygen atoms in total. The van der Waals surface area contributed by atoms with Gasteiger partial charge < -0.3 is 34.5 Å². The Morgan fingerprint density at radius 3 is 2.26 bits per heavy atom. The molecule has 0 rings (SSSR count). The zero-order valence-electron chi connectivity index (χ0n) is 13.9. The first-order valence-corrected chi connectivity index (χ1v) is 7.30. The lowest BCUT2D eigenvalue weighted by Crippen LogP contribution is -2.34. The van der Waals surface area contributed by atoms with Crippen molar-refractivity contribution < 1.29 is 38.7 Å².